The van der Waals surface area contributed by atoms with Crippen molar-refractivity contribution in [3.8, 4) is 11.3 Å². The molecule has 0 aliphatic carbocycles. The number of benzene rings is 2. The molecule has 29 heavy (non-hydrogen) atoms. The molecule has 0 saturated carbocycles. The second kappa shape index (κ2) is 8.39. The van der Waals surface area contributed by atoms with Gasteiger partial charge in [-0.25, -0.2) is 9.37 Å². The quantitative estimate of drug-likeness (QED) is 0.649. The van der Waals surface area contributed by atoms with Gasteiger partial charge >= 0.3 is 0 Å². The lowest BCUT2D eigenvalue weighted by atomic mass is 10.0. The van der Waals surface area contributed by atoms with E-state index >= 15 is 0 Å². The summed E-state index contributed by atoms with van der Waals surface area (Å²) in [6.45, 7) is 7.63. The van der Waals surface area contributed by atoms with E-state index in [1.54, 1.807) is 6.07 Å². The maximum absolute atomic E-state index is 14.5. The van der Waals surface area contributed by atoms with Crippen molar-refractivity contribution in [2.45, 2.75) is 26.8 Å². The lowest BCUT2D eigenvalue weighted by Crippen LogP contribution is -2.35. The highest BCUT2D eigenvalue weighted by atomic mass is 19.1. The van der Waals surface area contributed by atoms with E-state index in [2.05, 4.69) is 29.2 Å². The van der Waals surface area contributed by atoms with E-state index in [9.17, 15) is 9.18 Å². The molecule has 0 atom stereocenters. The molecular formula is C24H25FN2O2. The van der Waals surface area contributed by atoms with Crippen molar-refractivity contribution in [2.75, 3.05) is 26.3 Å². The van der Waals surface area contributed by atoms with Crippen LogP contribution in [-0.2, 0) is 22.5 Å². The number of aryl methyl sites for hydroxylation is 1. The van der Waals surface area contributed by atoms with Gasteiger partial charge < -0.3 is 4.74 Å². The van der Waals surface area contributed by atoms with Crippen molar-refractivity contribution in [3.63, 3.8) is 0 Å². The van der Waals surface area contributed by atoms with Gasteiger partial charge in [-0.05, 0) is 48.7 Å². The van der Waals surface area contributed by atoms with E-state index in [0.717, 1.165) is 60.6 Å². The first kappa shape index (κ1) is 19.7. The summed E-state index contributed by atoms with van der Waals surface area (Å²) < 4.78 is 20.0. The smallest absolute Gasteiger partial charge is 0.134 e. The summed E-state index contributed by atoms with van der Waals surface area (Å²) in [5.74, 6) is -0.415. The summed E-state index contributed by atoms with van der Waals surface area (Å²) in [6.07, 6.45) is 0.110. The van der Waals surface area contributed by atoms with Crippen LogP contribution >= 0.6 is 0 Å². The minimum atomic E-state index is -0.362. The van der Waals surface area contributed by atoms with Gasteiger partial charge in [0, 0.05) is 37.0 Å². The fourth-order valence-electron chi connectivity index (χ4n) is 3.81. The van der Waals surface area contributed by atoms with Gasteiger partial charge in [0.05, 0.1) is 24.4 Å². The largest absolute Gasteiger partial charge is 0.379 e. The van der Waals surface area contributed by atoms with Crippen molar-refractivity contribution in [2.24, 2.45) is 0 Å². The third kappa shape index (κ3) is 4.52. The van der Waals surface area contributed by atoms with E-state index < -0.39 is 0 Å². The van der Waals surface area contributed by atoms with Crippen molar-refractivity contribution in [3.05, 3.63) is 65.0 Å². The zero-order valence-electron chi connectivity index (χ0n) is 16.9. The van der Waals surface area contributed by atoms with Crippen molar-refractivity contribution in [1.29, 1.82) is 0 Å². The maximum atomic E-state index is 14.5. The molecule has 2 heterocycles. The number of aromatic nitrogens is 1. The van der Waals surface area contributed by atoms with Gasteiger partial charge in [0.1, 0.15) is 11.6 Å². The Morgan fingerprint density at radius 2 is 1.90 bits per heavy atom. The number of Topliss-reactive ketones (excluding diaryl/α,β-unsaturated/α-hetero) is 1. The molecule has 3 aromatic rings. The molecule has 4 nitrogen and oxygen atoms in total. The first-order valence-electron chi connectivity index (χ1n) is 9.98. The number of ether oxygens (including phenoxy) is 1. The molecule has 0 unspecified atom stereocenters. The number of halogens is 1. The highest BCUT2D eigenvalue weighted by Crippen LogP contribution is 2.28. The van der Waals surface area contributed by atoms with E-state index in [1.165, 1.54) is 18.6 Å². The fraction of sp³-hybridized carbons (Fsp3) is 0.333. The number of carbonyl (C=O) groups is 1. The predicted molar refractivity (Wildman–Crippen MR) is 112 cm³/mol. The first-order valence-corrected chi connectivity index (χ1v) is 9.98. The molecular weight excluding hydrogens is 367 g/mol. The number of rotatable bonds is 5. The number of hydrogen-bond donors (Lipinski definition) is 0. The summed E-state index contributed by atoms with van der Waals surface area (Å²) in [7, 11) is 0. The normalized spacial score (nSPS) is 15.0. The van der Waals surface area contributed by atoms with Crippen LogP contribution in [0.2, 0.25) is 0 Å². The predicted octanol–water partition coefficient (Wildman–Crippen LogP) is 4.31. The standard InChI is InChI=1S/C24H25FN2O2/c1-16-3-6-21-20(15-27-7-9-29-10-8-27)14-23(26-24(21)11-16)19-5-4-18(12-17(2)28)22(25)13-19/h3-6,11,13-14H,7-10,12,15H2,1-2H3. The fourth-order valence-corrected chi connectivity index (χ4v) is 3.81. The van der Waals surface area contributed by atoms with Crippen LogP contribution in [0.4, 0.5) is 4.39 Å². The Hall–Kier alpha value is -2.63. The van der Waals surface area contributed by atoms with Crippen LogP contribution < -0.4 is 0 Å². The summed E-state index contributed by atoms with van der Waals surface area (Å²) in [5.41, 5.74) is 5.13. The molecule has 1 aliphatic heterocycles. The average molecular weight is 392 g/mol. The Kier molecular flexibility index (Phi) is 5.69. The molecule has 1 fully saturated rings. The van der Waals surface area contributed by atoms with E-state index in [1.807, 2.05) is 13.0 Å². The van der Waals surface area contributed by atoms with Crippen LogP contribution in [-0.4, -0.2) is 42.0 Å². The number of carbonyl (C=O) groups excluding carboxylic acids is 1. The van der Waals surface area contributed by atoms with Crippen LogP contribution in [0, 0.1) is 12.7 Å². The Bertz CT molecular complexity index is 1060. The highest BCUT2D eigenvalue weighted by molar-refractivity contribution is 5.86. The van der Waals surface area contributed by atoms with Crippen molar-refractivity contribution in [1.82, 2.24) is 9.88 Å². The maximum Gasteiger partial charge on any atom is 0.134 e. The lowest BCUT2D eigenvalue weighted by molar-refractivity contribution is -0.116. The second-order valence-corrected chi connectivity index (χ2v) is 7.76. The van der Waals surface area contributed by atoms with Gasteiger partial charge in [0.15, 0.2) is 0 Å². The van der Waals surface area contributed by atoms with Gasteiger partial charge in [-0.2, -0.15) is 0 Å². The Morgan fingerprint density at radius 3 is 2.62 bits per heavy atom. The Labute approximate surface area is 170 Å². The number of morpholine rings is 1. The lowest BCUT2D eigenvalue weighted by Gasteiger charge is -2.27. The van der Waals surface area contributed by atoms with Crippen molar-refractivity contribution >= 4 is 16.7 Å². The van der Waals surface area contributed by atoms with Gasteiger partial charge in [-0.3, -0.25) is 9.69 Å². The number of nitrogens with zero attached hydrogens (tertiary/aromatic N) is 2. The van der Waals surface area contributed by atoms with E-state index in [4.69, 9.17) is 9.72 Å². The Balaban J connectivity index is 1.76. The molecule has 0 spiro atoms. The van der Waals surface area contributed by atoms with Gasteiger partial charge in [-0.1, -0.05) is 24.3 Å². The molecule has 0 amide bonds. The molecule has 1 aliphatic rings. The number of fused-ring (bicyclic) bond motifs is 1. The minimum Gasteiger partial charge on any atom is -0.379 e. The molecule has 4 rings (SSSR count). The van der Waals surface area contributed by atoms with Crippen LogP contribution in [0.15, 0.2) is 42.5 Å². The Morgan fingerprint density at radius 1 is 1.10 bits per heavy atom. The second-order valence-electron chi connectivity index (χ2n) is 7.76. The van der Waals surface area contributed by atoms with E-state index in [-0.39, 0.29) is 18.0 Å². The summed E-state index contributed by atoms with van der Waals surface area (Å²) in [6, 6.07) is 13.4. The average Bonchev–Trinajstić information content (AvgIpc) is 2.69. The summed E-state index contributed by atoms with van der Waals surface area (Å²) in [5, 5.41) is 1.12. The number of hydrogen-bond acceptors (Lipinski definition) is 4. The summed E-state index contributed by atoms with van der Waals surface area (Å²) in [4.78, 5) is 18.5. The number of ketones is 1. The minimum absolute atomic E-state index is 0.0521. The van der Waals surface area contributed by atoms with Crippen LogP contribution in [0.25, 0.3) is 22.2 Å². The van der Waals surface area contributed by atoms with Gasteiger partial charge in [0.25, 0.3) is 0 Å². The number of pyridine rings is 1. The van der Waals surface area contributed by atoms with Gasteiger partial charge in [-0.15, -0.1) is 0 Å². The van der Waals surface area contributed by atoms with E-state index in [0.29, 0.717) is 5.56 Å². The van der Waals surface area contributed by atoms with Gasteiger partial charge in [0.2, 0.25) is 0 Å². The molecule has 2 aromatic carbocycles. The molecule has 0 bridgehead atoms. The zero-order chi connectivity index (χ0) is 20.4. The molecule has 0 N–H and O–H groups in total. The third-order valence-electron chi connectivity index (χ3n) is 5.34. The molecule has 5 heteroatoms. The van der Waals surface area contributed by atoms with Crippen molar-refractivity contribution < 1.29 is 13.9 Å². The topological polar surface area (TPSA) is 42.4 Å². The van der Waals surface area contributed by atoms with Crippen LogP contribution in [0.3, 0.4) is 0 Å². The SMILES string of the molecule is CC(=O)Cc1ccc(-c2cc(CN3CCOCC3)c3ccc(C)cc3n2)cc1F. The summed E-state index contributed by atoms with van der Waals surface area (Å²) >= 11 is 0. The molecule has 1 saturated heterocycles. The first-order chi connectivity index (χ1) is 14.0. The third-order valence-corrected chi connectivity index (χ3v) is 5.34. The molecule has 150 valence electrons. The highest BCUT2D eigenvalue weighted by Gasteiger charge is 2.15. The van der Waals surface area contributed by atoms with Crippen LogP contribution in [0.1, 0.15) is 23.6 Å². The molecule has 0 radical (unpaired) electrons. The monoisotopic (exact) mass is 392 g/mol. The zero-order valence-corrected chi connectivity index (χ0v) is 16.9. The molecule has 1 aromatic heterocycles. The van der Waals surface area contributed by atoms with Crippen LogP contribution in [0.5, 0.6) is 0 Å².